The van der Waals surface area contributed by atoms with Crippen LogP contribution in [-0.2, 0) is 6.54 Å². The molecule has 3 nitrogen and oxygen atoms in total. The molecule has 0 saturated carbocycles. The molecule has 0 amide bonds. The Hall–Kier alpha value is -0.480. The molecule has 0 aliphatic rings. The molecule has 0 saturated heterocycles. The van der Waals surface area contributed by atoms with E-state index in [9.17, 15) is 0 Å². The molecule has 14 heavy (non-hydrogen) atoms. The maximum Gasteiger partial charge on any atom is 0.0537 e. The van der Waals surface area contributed by atoms with Crippen molar-refractivity contribution in [3.8, 4) is 0 Å². The van der Waals surface area contributed by atoms with Gasteiger partial charge in [0.25, 0.3) is 0 Å². The predicted molar refractivity (Wildman–Crippen MR) is 62.4 cm³/mol. The zero-order valence-electron chi connectivity index (χ0n) is 8.94. The number of hydrogen-bond donors (Lipinski definition) is 1. The Labute approximate surface area is 90.1 Å². The lowest BCUT2D eigenvalue weighted by Crippen LogP contribution is -2.07. The minimum Gasteiger partial charge on any atom is -0.324 e. The number of nitrogens with zero attached hydrogens (tertiary/aromatic N) is 2. The van der Waals surface area contributed by atoms with Crippen molar-refractivity contribution in [2.75, 3.05) is 11.5 Å². The van der Waals surface area contributed by atoms with Crippen LogP contribution in [0.5, 0.6) is 0 Å². The van der Waals surface area contributed by atoms with Gasteiger partial charge < -0.3 is 5.73 Å². The molecule has 0 radical (unpaired) electrons. The third-order valence-corrected chi connectivity index (χ3v) is 3.07. The van der Waals surface area contributed by atoms with Crippen molar-refractivity contribution in [3.63, 3.8) is 0 Å². The van der Waals surface area contributed by atoms with Gasteiger partial charge in [0.1, 0.15) is 0 Å². The number of aromatic nitrogens is 2. The quantitative estimate of drug-likeness (QED) is 0.735. The Morgan fingerprint density at radius 3 is 3.00 bits per heavy atom. The van der Waals surface area contributed by atoms with Crippen LogP contribution in [0.25, 0.3) is 0 Å². The number of thioether (sulfide) groups is 1. The molecule has 4 heteroatoms. The van der Waals surface area contributed by atoms with Crippen LogP contribution in [0.1, 0.15) is 31.9 Å². The number of rotatable bonds is 6. The molecule has 2 N–H and O–H groups in total. The van der Waals surface area contributed by atoms with E-state index in [4.69, 9.17) is 5.73 Å². The van der Waals surface area contributed by atoms with Gasteiger partial charge in [0.15, 0.2) is 0 Å². The number of nitrogens with two attached hydrogens (primary N) is 1. The Kier molecular flexibility index (Phi) is 5.04. The van der Waals surface area contributed by atoms with Crippen LogP contribution < -0.4 is 5.73 Å². The number of hydrogen-bond acceptors (Lipinski definition) is 3. The second-order valence-electron chi connectivity index (χ2n) is 3.25. The third kappa shape index (κ3) is 3.35. The summed E-state index contributed by atoms with van der Waals surface area (Å²) in [5, 5.41) is 4.28. The van der Waals surface area contributed by atoms with E-state index in [0.29, 0.717) is 0 Å². The molecule has 1 aromatic rings. The molecular weight excluding hydrogens is 194 g/mol. The molecule has 80 valence electrons. The van der Waals surface area contributed by atoms with Crippen molar-refractivity contribution in [1.29, 1.82) is 0 Å². The van der Waals surface area contributed by atoms with E-state index in [0.717, 1.165) is 24.3 Å². The Morgan fingerprint density at radius 1 is 1.57 bits per heavy atom. The first-order chi connectivity index (χ1) is 6.77. The normalized spacial score (nSPS) is 13.1. The van der Waals surface area contributed by atoms with Crippen molar-refractivity contribution in [1.82, 2.24) is 9.78 Å². The second-order valence-corrected chi connectivity index (χ2v) is 4.64. The summed E-state index contributed by atoms with van der Waals surface area (Å²) in [5.74, 6) is 2.29. The van der Waals surface area contributed by atoms with E-state index in [1.165, 1.54) is 5.75 Å². The molecule has 0 aliphatic heterocycles. The fourth-order valence-electron chi connectivity index (χ4n) is 1.23. The van der Waals surface area contributed by atoms with Gasteiger partial charge in [-0.2, -0.15) is 16.9 Å². The molecule has 1 aromatic heterocycles. The van der Waals surface area contributed by atoms with Crippen molar-refractivity contribution >= 4 is 11.8 Å². The highest BCUT2D eigenvalue weighted by Gasteiger charge is 2.05. The van der Waals surface area contributed by atoms with Gasteiger partial charge in [-0.25, -0.2) is 0 Å². The first kappa shape index (κ1) is 11.6. The van der Waals surface area contributed by atoms with E-state index >= 15 is 0 Å². The summed E-state index contributed by atoms with van der Waals surface area (Å²) in [6.07, 6.45) is 4.91. The van der Waals surface area contributed by atoms with Gasteiger partial charge in [-0.3, -0.25) is 4.68 Å². The van der Waals surface area contributed by atoms with E-state index in [1.54, 1.807) is 0 Å². The summed E-state index contributed by atoms with van der Waals surface area (Å²) < 4.78 is 1.98. The van der Waals surface area contributed by atoms with Crippen LogP contribution in [0.3, 0.4) is 0 Å². The largest absolute Gasteiger partial charge is 0.324 e. The molecule has 0 aliphatic carbocycles. The summed E-state index contributed by atoms with van der Waals surface area (Å²) in [7, 11) is 0. The Bertz CT molecular complexity index is 260. The van der Waals surface area contributed by atoms with E-state index < -0.39 is 0 Å². The fourth-order valence-corrected chi connectivity index (χ4v) is 1.84. The SMILES string of the molecule is CCSCCn1cc(C(N)CC)cn1. The topological polar surface area (TPSA) is 43.8 Å². The van der Waals surface area contributed by atoms with Gasteiger partial charge in [-0.15, -0.1) is 0 Å². The highest BCUT2D eigenvalue weighted by atomic mass is 32.2. The molecule has 0 bridgehead atoms. The lowest BCUT2D eigenvalue weighted by molar-refractivity contribution is 0.659. The van der Waals surface area contributed by atoms with E-state index in [2.05, 4.69) is 25.1 Å². The van der Waals surface area contributed by atoms with Gasteiger partial charge in [-0.1, -0.05) is 13.8 Å². The summed E-state index contributed by atoms with van der Waals surface area (Å²) >= 11 is 1.93. The van der Waals surface area contributed by atoms with Crippen molar-refractivity contribution in [2.24, 2.45) is 5.73 Å². The van der Waals surface area contributed by atoms with Crippen molar-refractivity contribution in [2.45, 2.75) is 32.9 Å². The highest BCUT2D eigenvalue weighted by molar-refractivity contribution is 7.99. The first-order valence-electron chi connectivity index (χ1n) is 5.13. The maximum atomic E-state index is 5.90. The van der Waals surface area contributed by atoms with Crippen LogP contribution in [0, 0.1) is 0 Å². The predicted octanol–water partition coefficient (Wildman–Crippen LogP) is 2.05. The average Bonchev–Trinajstić information content (AvgIpc) is 2.66. The Balaban J connectivity index is 2.42. The summed E-state index contributed by atoms with van der Waals surface area (Å²) in [4.78, 5) is 0. The highest BCUT2D eigenvalue weighted by Crippen LogP contribution is 2.12. The second kappa shape index (κ2) is 6.09. The standard InChI is InChI=1S/C10H19N3S/c1-3-10(11)9-7-12-13(8-9)5-6-14-4-2/h7-8,10H,3-6,11H2,1-2H3. The zero-order chi connectivity index (χ0) is 10.4. The monoisotopic (exact) mass is 213 g/mol. The molecule has 0 fully saturated rings. The van der Waals surface area contributed by atoms with Gasteiger partial charge in [0.2, 0.25) is 0 Å². The van der Waals surface area contributed by atoms with Gasteiger partial charge >= 0.3 is 0 Å². The van der Waals surface area contributed by atoms with Gasteiger partial charge in [0, 0.05) is 30.1 Å². The molecule has 1 rings (SSSR count). The minimum absolute atomic E-state index is 0.141. The first-order valence-corrected chi connectivity index (χ1v) is 6.29. The molecular formula is C10H19N3S. The third-order valence-electron chi connectivity index (χ3n) is 2.19. The maximum absolute atomic E-state index is 5.90. The summed E-state index contributed by atoms with van der Waals surface area (Å²) in [6.45, 7) is 5.25. The molecule has 1 heterocycles. The minimum atomic E-state index is 0.141. The van der Waals surface area contributed by atoms with E-state index in [-0.39, 0.29) is 6.04 Å². The van der Waals surface area contributed by atoms with Crippen molar-refractivity contribution < 1.29 is 0 Å². The number of aryl methyl sites for hydroxylation is 1. The summed E-state index contributed by atoms with van der Waals surface area (Å²) in [6, 6.07) is 0.141. The Morgan fingerprint density at radius 2 is 2.36 bits per heavy atom. The lowest BCUT2D eigenvalue weighted by atomic mass is 10.1. The molecule has 0 spiro atoms. The fraction of sp³-hybridized carbons (Fsp3) is 0.700. The van der Waals surface area contributed by atoms with Gasteiger partial charge in [0.05, 0.1) is 6.20 Å². The van der Waals surface area contributed by atoms with Crippen LogP contribution in [0.4, 0.5) is 0 Å². The average molecular weight is 213 g/mol. The smallest absolute Gasteiger partial charge is 0.0537 e. The van der Waals surface area contributed by atoms with Gasteiger partial charge in [-0.05, 0) is 12.2 Å². The van der Waals surface area contributed by atoms with Crippen LogP contribution in [0.15, 0.2) is 12.4 Å². The van der Waals surface area contributed by atoms with Crippen molar-refractivity contribution in [3.05, 3.63) is 18.0 Å². The molecule has 1 unspecified atom stereocenters. The molecule has 1 atom stereocenters. The lowest BCUT2D eigenvalue weighted by Gasteiger charge is -2.03. The van der Waals surface area contributed by atoms with Crippen LogP contribution in [-0.4, -0.2) is 21.3 Å². The summed E-state index contributed by atoms with van der Waals surface area (Å²) in [5.41, 5.74) is 7.05. The zero-order valence-corrected chi connectivity index (χ0v) is 9.76. The van der Waals surface area contributed by atoms with Crippen LogP contribution in [0.2, 0.25) is 0 Å². The van der Waals surface area contributed by atoms with Crippen LogP contribution >= 0.6 is 11.8 Å². The molecule has 0 aromatic carbocycles. The van der Waals surface area contributed by atoms with E-state index in [1.807, 2.05) is 22.6 Å².